The number of amides is 2. The van der Waals surface area contributed by atoms with Crippen molar-refractivity contribution in [2.75, 3.05) is 11.9 Å². The summed E-state index contributed by atoms with van der Waals surface area (Å²) in [6, 6.07) is 10.8. The molecule has 2 aromatic carbocycles. The molecule has 0 fully saturated rings. The summed E-state index contributed by atoms with van der Waals surface area (Å²) in [7, 11) is 0. The normalized spacial score (nSPS) is 10.2. The van der Waals surface area contributed by atoms with Gasteiger partial charge in [0, 0.05) is 15.7 Å². The van der Waals surface area contributed by atoms with Crippen LogP contribution in [0.4, 0.5) is 5.69 Å². The Morgan fingerprint density at radius 1 is 0.960 bits per heavy atom. The topological polar surface area (TPSA) is 70.2 Å². The van der Waals surface area contributed by atoms with Gasteiger partial charge in [0.25, 0.3) is 5.91 Å². The summed E-state index contributed by atoms with van der Waals surface area (Å²) in [6.07, 6.45) is 0.0424. The van der Waals surface area contributed by atoms with E-state index in [9.17, 15) is 9.59 Å². The maximum atomic E-state index is 11.9. The van der Waals surface area contributed by atoms with Gasteiger partial charge < -0.3 is 5.32 Å². The number of anilines is 1. The fraction of sp³-hybridized carbons (Fsp3) is 0.222. The lowest BCUT2D eigenvalue weighted by molar-refractivity contribution is -0.127. The fourth-order valence-electron chi connectivity index (χ4n) is 2.25. The minimum atomic E-state index is -0.371. The average molecular weight is 380 g/mol. The van der Waals surface area contributed by atoms with Crippen LogP contribution in [0.5, 0.6) is 0 Å². The van der Waals surface area contributed by atoms with Gasteiger partial charge in [-0.25, -0.2) is 0 Å². The molecule has 0 spiro atoms. The highest BCUT2D eigenvalue weighted by Gasteiger charge is 2.09. The molecule has 0 radical (unpaired) electrons. The standard InChI is InChI=1S/C18H19Cl2N3O2/c1-11-3-6-16(12(2)7-11)21-10-18(25)23-22-17(24)8-13-4-5-14(19)9-15(13)20/h3-7,9,21H,8,10H2,1-2H3,(H,22,24)(H,23,25). The number of carbonyl (C=O) groups excluding carboxylic acids is 2. The Morgan fingerprint density at radius 3 is 2.36 bits per heavy atom. The zero-order chi connectivity index (χ0) is 18.4. The molecule has 25 heavy (non-hydrogen) atoms. The third-order valence-electron chi connectivity index (χ3n) is 3.53. The van der Waals surface area contributed by atoms with Gasteiger partial charge in [0.2, 0.25) is 5.91 Å². The number of hydrazine groups is 1. The van der Waals surface area contributed by atoms with Crippen molar-refractivity contribution in [3.05, 3.63) is 63.1 Å². The second-order valence-corrected chi connectivity index (χ2v) is 6.52. The van der Waals surface area contributed by atoms with Crippen LogP contribution in [-0.4, -0.2) is 18.4 Å². The zero-order valence-corrected chi connectivity index (χ0v) is 15.5. The largest absolute Gasteiger partial charge is 0.376 e. The second-order valence-electron chi connectivity index (χ2n) is 5.68. The number of benzene rings is 2. The third kappa shape index (κ3) is 5.96. The Labute approximate surface area is 156 Å². The smallest absolute Gasteiger partial charge is 0.257 e. The number of aryl methyl sites for hydroxylation is 2. The Kier molecular flexibility index (Phi) is 6.67. The SMILES string of the molecule is Cc1ccc(NCC(=O)NNC(=O)Cc2ccc(Cl)cc2Cl)c(C)c1. The summed E-state index contributed by atoms with van der Waals surface area (Å²) in [5, 5.41) is 3.94. The van der Waals surface area contributed by atoms with Gasteiger partial charge in [-0.3, -0.25) is 20.4 Å². The highest BCUT2D eigenvalue weighted by Crippen LogP contribution is 2.21. The maximum Gasteiger partial charge on any atom is 0.257 e. The molecule has 2 aromatic rings. The molecule has 0 saturated carbocycles. The molecule has 5 nitrogen and oxygen atoms in total. The van der Waals surface area contributed by atoms with Gasteiger partial charge in [-0.1, -0.05) is 47.0 Å². The first-order valence-electron chi connectivity index (χ1n) is 7.68. The quantitative estimate of drug-likeness (QED) is 0.697. The molecule has 0 saturated heterocycles. The molecule has 0 aromatic heterocycles. The van der Waals surface area contributed by atoms with Crippen molar-refractivity contribution in [1.29, 1.82) is 0 Å². The van der Waals surface area contributed by atoms with Crippen molar-refractivity contribution >= 4 is 40.7 Å². The Balaban J connectivity index is 1.78. The predicted molar refractivity (Wildman–Crippen MR) is 101 cm³/mol. The molecule has 2 amide bonds. The van der Waals surface area contributed by atoms with Gasteiger partial charge in [0.15, 0.2) is 0 Å². The van der Waals surface area contributed by atoms with Crippen molar-refractivity contribution in [1.82, 2.24) is 10.9 Å². The lowest BCUT2D eigenvalue weighted by Crippen LogP contribution is -2.44. The molecule has 0 aliphatic heterocycles. The van der Waals surface area contributed by atoms with E-state index in [0.29, 0.717) is 15.6 Å². The Morgan fingerprint density at radius 2 is 1.68 bits per heavy atom. The van der Waals surface area contributed by atoms with Crippen LogP contribution >= 0.6 is 23.2 Å². The van der Waals surface area contributed by atoms with Crippen LogP contribution in [0.1, 0.15) is 16.7 Å². The van der Waals surface area contributed by atoms with Crippen LogP contribution in [0, 0.1) is 13.8 Å². The minimum Gasteiger partial charge on any atom is -0.376 e. The molecule has 0 bridgehead atoms. The first kappa shape index (κ1) is 19.1. The molecular weight excluding hydrogens is 361 g/mol. The molecule has 0 atom stereocenters. The summed E-state index contributed by atoms with van der Waals surface area (Å²) < 4.78 is 0. The van der Waals surface area contributed by atoms with Gasteiger partial charge in [-0.2, -0.15) is 0 Å². The Bertz CT molecular complexity index is 794. The summed E-state index contributed by atoms with van der Waals surface area (Å²) >= 11 is 11.8. The van der Waals surface area contributed by atoms with E-state index in [1.807, 2.05) is 32.0 Å². The van der Waals surface area contributed by atoms with Crippen LogP contribution in [0.25, 0.3) is 0 Å². The van der Waals surface area contributed by atoms with E-state index in [1.54, 1.807) is 18.2 Å². The summed E-state index contributed by atoms with van der Waals surface area (Å²) in [5.74, 6) is -0.723. The number of halogens is 2. The van der Waals surface area contributed by atoms with Gasteiger partial charge in [-0.05, 0) is 43.2 Å². The fourth-order valence-corrected chi connectivity index (χ4v) is 2.73. The van der Waals surface area contributed by atoms with Gasteiger partial charge in [0.05, 0.1) is 13.0 Å². The number of hydrogen-bond donors (Lipinski definition) is 3. The van der Waals surface area contributed by atoms with Crippen LogP contribution < -0.4 is 16.2 Å². The first-order chi connectivity index (χ1) is 11.8. The number of hydrogen-bond acceptors (Lipinski definition) is 3. The van der Waals surface area contributed by atoms with Crippen molar-refractivity contribution in [2.24, 2.45) is 0 Å². The van der Waals surface area contributed by atoms with Crippen LogP contribution in [0.2, 0.25) is 10.0 Å². The Hall–Kier alpha value is -2.24. The van der Waals surface area contributed by atoms with Crippen molar-refractivity contribution in [3.63, 3.8) is 0 Å². The van der Waals surface area contributed by atoms with Crippen molar-refractivity contribution < 1.29 is 9.59 Å². The van der Waals surface area contributed by atoms with Crippen molar-refractivity contribution in [2.45, 2.75) is 20.3 Å². The highest BCUT2D eigenvalue weighted by atomic mass is 35.5. The van der Waals surface area contributed by atoms with Crippen LogP contribution in [0.15, 0.2) is 36.4 Å². The van der Waals surface area contributed by atoms with E-state index in [-0.39, 0.29) is 24.8 Å². The van der Waals surface area contributed by atoms with E-state index in [4.69, 9.17) is 23.2 Å². The van der Waals surface area contributed by atoms with E-state index in [2.05, 4.69) is 16.2 Å². The first-order valence-corrected chi connectivity index (χ1v) is 8.43. The van der Waals surface area contributed by atoms with E-state index < -0.39 is 0 Å². The van der Waals surface area contributed by atoms with Gasteiger partial charge >= 0.3 is 0 Å². The van der Waals surface area contributed by atoms with Crippen LogP contribution in [-0.2, 0) is 16.0 Å². The van der Waals surface area contributed by atoms with Gasteiger partial charge in [-0.15, -0.1) is 0 Å². The minimum absolute atomic E-state index is 0.0424. The number of nitrogens with one attached hydrogen (secondary N) is 3. The average Bonchev–Trinajstić information content (AvgIpc) is 2.55. The molecule has 2 rings (SSSR count). The van der Waals surface area contributed by atoms with E-state index in [0.717, 1.165) is 16.8 Å². The second kappa shape index (κ2) is 8.74. The molecule has 0 heterocycles. The maximum absolute atomic E-state index is 11.9. The van der Waals surface area contributed by atoms with Crippen molar-refractivity contribution in [3.8, 4) is 0 Å². The molecule has 0 aliphatic rings. The molecule has 3 N–H and O–H groups in total. The lowest BCUT2D eigenvalue weighted by Gasteiger charge is -2.11. The lowest BCUT2D eigenvalue weighted by atomic mass is 10.1. The molecule has 7 heteroatoms. The molecule has 0 unspecified atom stereocenters. The number of carbonyl (C=O) groups is 2. The summed E-state index contributed by atoms with van der Waals surface area (Å²) in [5.41, 5.74) is 8.44. The highest BCUT2D eigenvalue weighted by molar-refractivity contribution is 6.35. The summed E-state index contributed by atoms with van der Waals surface area (Å²) in [4.78, 5) is 23.7. The number of rotatable bonds is 5. The zero-order valence-electron chi connectivity index (χ0n) is 14.0. The molecular formula is C18H19Cl2N3O2. The summed E-state index contributed by atoms with van der Waals surface area (Å²) in [6.45, 7) is 4.02. The third-order valence-corrected chi connectivity index (χ3v) is 4.12. The monoisotopic (exact) mass is 379 g/mol. The predicted octanol–water partition coefficient (Wildman–Crippen LogP) is 3.41. The molecule has 132 valence electrons. The van der Waals surface area contributed by atoms with E-state index in [1.165, 1.54) is 0 Å². The van der Waals surface area contributed by atoms with E-state index >= 15 is 0 Å². The molecule has 0 aliphatic carbocycles. The van der Waals surface area contributed by atoms with Crippen LogP contribution in [0.3, 0.4) is 0 Å². The van der Waals surface area contributed by atoms with Gasteiger partial charge in [0.1, 0.15) is 0 Å².